The van der Waals surface area contributed by atoms with Gasteiger partial charge in [0.25, 0.3) is 0 Å². The third-order valence-corrected chi connectivity index (χ3v) is 3.02. The average Bonchev–Trinajstić information content (AvgIpc) is 2.37. The lowest BCUT2D eigenvalue weighted by atomic mass is 10.1. The minimum atomic E-state index is -1.01. The molecule has 0 bridgehead atoms. The summed E-state index contributed by atoms with van der Waals surface area (Å²) in [5, 5.41) is 13.1. The first-order valence-electron chi connectivity index (χ1n) is 5.62. The Labute approximate surface area is 115 Å². The maximum Gasteiger partial charge on any atom is 0.336 e. The minimum Gasteiger partial charge on any atom is -0.495 e. The molecular weight excluding hydrogens is 268 g/mol. The lowest BCUT2D eigenvalue weighted by Gasteiger charge is -2.09. The number of fused-ring (bicyclic) bond motifs is 1. The Bertz CT molecular complexity index is 643. The Hall–Kier alpha value is -1.85. The Morgan fingerprint density at radius 1 is 1.47 bits per heavy atom. The molecule has 0 aliphatic carbocycles. The summed E-state index contributed by atoms with van der Waals surface area (Å²) in [6.45, 7) is 0.486. The summed E-state index contributed by atoms with van der Waals surface area (Å²) in [5.41, 5.74) is 1.37. The van der Waals surface area contributed by atoms with E-state index in [1.54, 1.807) is 25.2 Å². The molecule has 100 valence electrons. The fourth-order valence-corrected chi connectivity index (χ4v) is 2.12. The van der Waals surface area contributed by atoms with Gasteiger partial charge in [0.1, 0.15) is 5.75 Å². The van der Waals surface area contributed by atoms with Crippen molar-refractivity contribution in [2.45, 2.75) is 6.54 Å². The van der Waals surface area contributed by atoms with Crippen molar-refractivity contribution in [1.82, 2.24) is 10.3 Å². The molecule has 0 amide bonds. The van der Waals surface area contributed by atoms with Gasteiger partial charge >= 0.3 is 5.97 Å². The molecule has 1 aromatic heterocycles. The molecule has 5 nitrogen and oxygen atoms in total. The van der Waals surface area contributed by atoms with E-state index in [0.29, 0.717) is 33.9 Å². The molecule has 19 heavy (non-hydrogen) atoms. The summed E-state index contributed by atoms with van der Waals surface area (Å²) in [5.74, 6) is -0.575. The van der Waals surface area contributed by atoms with E-state index in [2.05, 4.69) is 10.3 Å². The van der Waals surface area contributed by atoms with E-state index in [9.17, 15) is 9.90 Å². The van der Waals surface area contributed by atoms with Crippen LogP contribution in [0.3, 0.4) is 0 Å². The molecule has 0 saturated heterocycles. The van der Waals surface area contributed by atoms with Gasteiger partial charge in [0.15, 0.2) is 0 Å². The summed E-state index contributed by atoms with van der Waals surface area (Å²) in [7, 11) is 3.25. The number of methoxy groups -OCH3 is 1. The van der Waals surface area contributed by atoms with Crippen LogP contribution in [0.2, 0.25) is 5.02 Å². The van der Waals surface area contributed by atoms with Crippen LogP contribution in [-0.4, -0.2) is 30.2 Å². The van der Waals surface area contributed by atoms with E-state index in [0.717, 1.165) is 0 Å². The number of halogens is 1. The molecule has 2 aromatic rings. The second-order valence-electron chi connectivity index (χ2n) is 4.00. The Kier molecular flexibility index (Phi) is 3.87. The normalized spacial score (nSPS) is 10.7. The predicted molar refractivity (Wildman–Crippen MR) is 73.0 cm³/mol. The zero-order valence-electron chi connectivity index (χ0n) is 10.5. The highest BCUT2D eigenvalue weighted by atomic mass is 35.5. The van der Waals surface area contributed by atoms with Crippen molar-refractivity contribution in [3.8, 4) is 5.75 Å². The molecule has 0 fully saturated rings. The predicted octanol–water partition coefficient (Wildman–Crippen LogP) is 2.31. The summed E-state index contributed by atoms with van der Waals surface area (Å²) >= 11 is 6.04. The third kappa shape index (κ3) is 2.62. The summed E-state index contributed by atoms with van der Waals surface area (Å²) in [6.07, 6.45) is 0. The van der Waals surface area contributed by atoms with Gasteiger partial charge in [0.05, 0.1) is 28.9 Å². The summed E-state index contributed by atoms with van der Waals surface area (Å²) in [6, 6.07) is 4.76. The number of carboxylic acids is 1. The van der Waals surface area contributed by atoms with E-state index in [4.69, 9.17) is 16.3 Å². The minimum absolute atomic E-state index is 0.185. The highest BCUT2D eigenvalue weighted by Crippen LogP contribution is 2.31. The Morgan fingerprint density at radius 2 is 2.21 bits per heavy atom. The van der Waals surface area contributed by atoms with Crippen LogP contribution in [0.1, 0.15) is 16.1 Å². The van der Waals surface area contributed by atoms with E-state index < -0.39 is 5.97 Å². The van der Waals surface area contributed by atoms with Crippen LogP contribution in [-0.2, 0) is 6.54 Å². The van der Waals surface area contributed by atoms with Gasteiger partial charge in [-0.3, -0.25) is 4.98 Å². The summed E-state index contributed by atoms with van der Waals surface area (Å²) in [4.78, 5) is 15.7. The first-order valence-corrected chi connectivity index (χ1v) is 5.99. The quantitative estimate of drug-likeness (QED) is 0.899. The van der Waals surface area contributed by atoms with Crippen LogP contribution < -0.4 is 10.1 Å². The molecule has 0 spiro atoms. The average molecular weight is 281 g/mol. The number of carboxylic acid groups (broad SMARTS) is 1. The number of nitrogens with one attached hydrogen (secondary N) is 1. The Morgan fingerprint density at radius 3 is 2.79 bits per heavy atom. The molecule has 6 heteroatoms. The number of ether oxygens (including phenoxy) is 1. The number of pyridine rings is 1. The number of hydrogen-bond acceptors (Lipinski definition) is 4. The summed E-state index contributed by atoms with van der Waals surface area (Å²) < 4.78 is 5.10. The number of nitrogens with zero attached hydrogens (tertiary/aromatic N) is 1. The van der Waals surface area contributed by atoms with Crippen LogP contribution in [0.15, 0.2) is 18.2 Å². The number of benzene rings is 1. The number of hydrogen-bond donors (Lipinski definition) is 2. The van der Waals surface area contributed by atoms with Crippen molar-refractivity contribution in [3.63, 3.8) is 0 Å². The SMILES string of the molecule is CNCc1cc(C(=O)O)c2cc(OC)c(Cl)cc2n1. The topological polar surface area (TPSA) is 71.5 Å². The standard InChI is InChI=1S/C13H13ClN2O3/c1-15-6-7-3-9(13(17)18)8-4-12(19-2)10(14)5-11(8)16-7/h3-5,15H,6H2,1-2H3,(H,17,18). The van der Waals surface area contributed by atoms with Gasteiger partial charge in [-0.2, -0.15) is 0 Å². The van der Waals surface area contributed by atoms with Gasteiger partial charge in [0.2, 0.25) is 0 Å². The second-order valence-corrected chi connectivity index (χ2v) is 4.41. The zero-order chi connectivity index (χ0) is 14.0. The molecule has 0 atom stereocenters. The molecule has 0 unspecified atom stereocenters. The molecule has 0 radical (unpaired) electrons. The van der Waals surface area contributed by atoms with Crippen LogP contribution >= 0.6 is 11.6 Å². The van der Waals surface area contributed by atoms with Crippen LogP contribution in [0.25, 0.3) is 10.9 Å². The van der Waals surface area contributed by atoms with Gasteiger partial charge in [0, 0.05) is 11.9 Å². The monoisotopic (exact) mass is 280 g/mol. The third-order valence-electron chi connectivity index (χ3n) is 2.72. The maximum atomic E-state index is 11.3. The van der Waals surface area contributed by atoms with Crippen molar-refractivity contribution < 1.29 is 14.6 Å². The van der Waals surface area contributed by atoms with Gasteiger partial charge in [-0.25, -0.2) is 4.79 Å². The lowest BCUT2D eigenvalue weighted by molar-refractivity contribution is 0.0699. The Balaban J connectivity index is 2.75. The van der Waals surface area contributed by atoms with Gasteiger partial charge in [-0.05, 0) is 25.2 Å². The smallest absolute Gasteiger partial charge is 0.336 e. The maximum absolute atomic E-state index is 11.3. The molecule has 0 saturated carbocycles. The number of aromatic nitrogens is 1. The van der Waals surface area contributed by atoms with E-state index >= 15 is 0 Å². The van der Waals surface area contributed by atoms with Gasteiger partial charge < -0.3 is 15.2 Å². The molecular formula is C13H13ClN2O3. The fraction of sp³-hybridized carbons (Fsp3) is 0.231. The molecule has 1 aromatic carbocycles. The van der Waals surface area contributed by atoms with Crippen molar-refractivity contribution in [2.75, 3.05) is 14.2 Å². The first kappa shape index (κ1) is 13.6. The van der Waals surface area contributed by atoms with E-state index in [-0.39, 0.29) is 5.56 Å². The second kappa shape index (κ2) is 5.42. The van der Waals surface area contributed by atoms with Crippen LogP contribution in [0, 0.1) is 0 Å². The highest BCUT2D eigenvalue weighted by Gasteiger charge is 2.14. The largest absolute Gasteiger partial charge is 0.495 e. The molecule has 0 aliphatic rings. The van der Waals surface area contributed by atoms with Crippen molar-refractivity contribution in [2.24, 2.45) is 0 Å². The fourth-order valence-electron chi connectivity index (χ4n) is 1.89. The molecule has 1 heterocycles. The number of carbonyl (C=O) groups is 1. The van der Waals surface area contributed by atoms with Gasteiger partial charge in [-0.15, -0.1) is 0 Å². The van der Waals surface area contributed by atoms with Crippen LogP contribution in [0.4, 0.5) is 0 Å². The van der Waals surface area contributed by atoms with Crippen molar-refractivity contribution in [3.05, 3.63) is 34.5 Å². The van der Waals surface area contributed by atoms with E-state index in [1.165, 1.54) is 7.11 Å². The van der Waals surface area contributed by atoms with Crippen LogP contribution in [0.5, 0.6) is 5.75 Å². The van der Waals surface area contributed by atoms with Crippen molar-refractivity contribution in [1.29, 1.82) is 0 Å². The highest BCUT2D eigenvalue weighted by molar-refractivity contribution is 6.33. The first-order chi connectivity index (χ1) is 9.06. The molecule has 2 N–H and O–H groups in total. The lowest BCUT2D eigenvalue weighted by Crippen LogP contribution is -2.09. The van der Waals surface area contributed by atoms with Gasteiger partial charge in [-0.1, -0.05) is 11.6 Å². The van der Waals surface area contributed by atoms with Crippen molar-refractivity contribution >= 4 is 28.5 Å². The molecule has 2 rings (SSSR count). The number of rotatable bonds is 4. The molecule has 0 aliphatic heterocycles. The van der Waals surface area contributed by atoms with E-state index in [1.807, 2.05) is 0 Å². The zero-order valence-corrected chi connectivity index (χ0v) is 11.3. The number of aromatic carboxylic acids is 1.